The maximum Gasteiger partial charge on any atom is 0.323 e. The Bertz CT molecular complexity index is 737. The summed E-state index contributed by atoms with van der Waals surface area (Å²) < 4.78 is 22.4. The fourth-order valence-electron chi connectivity index (χ4n) is 2.46. The predicted molar refractivity (Wildman–Crippen MR) is 121 cm³/mol. The van der Waals surface area contributed by atoms with Crippen molar-refractivity contribution in [1.82, 2.24) is 5.09 Å². The Morgan fingerprint density at radius 3 is 2.40 bits per heavy atom. The van der Waals surface area contributed by atoms with Crippen LogP contribution in [0, 0.1) is 18.3 Å². The van der Waals surface area contributed by atoms with Crippen LogP contribution in [0.5, 0.6) is 5.75 Å². The summed E-state index contributed by atoms with van der Waals surface area (Å²) in [4.78, 5) is 12.7. The van der Waals surface area contributed by atoms with Gasteiger partial charge in [0.25, 0.3) is 0 Å². The molecule has 9 heteroatoms. The molecule has 7 nitrogen and oxygen atoms in total. The molecule has 0 saturated carbocycles. The average molecular weight is 458 g/mol. The van der Waals surface area contributed by atoms with Crippen molar-refractivity contribution in [2.24, 2.45) is 5.92 Å². The van der Waals surface area contributed by atoms with Gasteiger partial charge in [-0.3, -0.25) is 4.79 Å². The molecular formula is C21H32NO6PS. The second kappa shape index (κ2) is 13.1. The summed E-state index contributed by atoms with van der Waals surface area (Å²) in [6.45, 7) is 4.18. The molecule has 0 aromatic heterocycles. The molecule has 0 amide bonds. The van der Waals surface area contributed by atoms with E-state index in [1.807, 2.05) is 19.9 Å². The largest absolute Gasteiger partial charge is 0.462 e. The van der Waals surface area contributed by atoms with Crippen LogP contribution >= 0.6 is 6.64 Å². The fourth-order valence-corrected chi connectivity index (χ4v) is 4.79. The normalized spacial score (nSPS) is 16.4. The van der Waals surface area contributed by atoms with Crippen LogP contribution in [-0.4, -0.2) is 49.1 Å². The number of ether oxygens (including phenoxy) is 2. The van der Waals surface area contributed by atoms with Crippen molar-refractivity contribution >= 4 is 24.4 Å². The van der Waals surface area contributed by atoms with E-state index in [9.17, 15) is 9.90 Å². The predicted octanol–water partition coefficient (Wildman–Crippen LogP) is 3.27. The van der Waals surface area contributed by atoms with Gasteiger partial charge in [0, 0.05) is 7.11 Å². The molecule has 1 aromatic carbocycles. The van der Waals surface area contributed by atoms with E-state index >= 15 is 0 Å². The first-order chi connectivity index (χ1) is 14.1. The number of hydrogen-bond donors (Lipinski definition) is 2. The van der Waals surface area contributed by atoms with Crippen LogP contribution < -0.4 is 9.61 Å². The third-order valence-corrected chi connectivity index (χ3v) is 6.28. The van der Waals surface area contributed by atoms with E-state index in [1.54, 1.807) is 38.1 Å². The van der Waals surface area contributed by atoms with E-state index in [-0.39, 0.29) is 18.6 Å². The second-order valence-electron chi connectivity index (χ2n) is 7.38. The van der Waals surface area contributed by atoms with Crippen LogP contribution in [0.3, 0.4) is 0 Å². The molecule has 1 aromatic rings. The van der Waals surface area contributed by atoms with Crippen LogP contribution in [0.1, 0.15) is 34.1 Å². The molecule has 168 valence electrons. The van der Waals surface area contributed by atoms with Gasteiger partial charge in [-0.05, 0) is 50.1 Å². The highest BCUT2D eigenvalue weighted by atomic mass is 32.5. The van der Waals surface area contributed by atoms with Gasteiger partial charge in [0.1, 0.15) is 24.0 Å². The number of terminal acetylenes is 1. The van der Waals surface area contributed by atoms with E-state index < -0.39 is 30.9 Å². The number of para-hydroxylation sites is 1. The molecule has 0 fully saturated rings. The van der Waals surface area contributed by atoms with E-state index in [4.69, 9.17) is 36.8 Å². The Morgan fingerprint density at radius 2 is 1.90 bits per heavy atom. The monoisotopic (exact) mass is 457 g/mol. The van der Waals surface area contributed by atoms with E-state index in [2.05, 4.69) is 11.0 Å². The zero-order chi connectivity index (χ0) is 22.7. The lowest BCUT2D eigenvalue weighted by Gasteiger charge is -2.30. The number of nitrogens with one attached hydrogen (secondary N) is 1. The van der Waals surface area contributed by atoms with Gasteiger partial charge in [-0.2, -0.15) is 0 Å². The van der Waals surface area contributed by atoms with Gasteiger partial charge in [0.05, 0.1) is 12.7 Å². The molecule has 0 radical (unpaired) electrons. The molecule has 2 N–H and O–H groups in total. The van der Waals surface area contributed by atoms with Gasteiger partial charge in [0.15, 0.2) is 0 Å². The smallest absolute Gasteiger partial charge is 0.323 e. The van der Waals surface area contributed by atoms with Crippen molar-refractivity contribution in [3.05, 3.63) is 30.3 Å². The lowest BCUT2D eigenvalue weighted by molar-refractivity contribution is -0.150. The second-order valence-corrected chi connectivity index (χ2v) is 10.5. The van der Waals surface area contributed by atoms with E-state index in [0.29, 0.717) is 12.2 Å². The molecule has 0 aliphatic carbocycles. The third kappa shape index (κ3) is 9.57. The molecule has 0 heterocycles. The summed E-state index contributed by atoms with van der Waals surface area (Å²) in [6.07, 6.45) is 3.50. The first kappa shape index (κ1) is 26.6. The summed E-state index contributed by atoms with van der Waals surface area (Å²) in [5.41, 5.74) is 0. The Balaban J connectivity index is 3.11. The highest BCUT2D eigenvalue weighted by molar-refractivity contribution is 8.09. The Hall–Kier alpha value is -1.46. The Kier molecular flexibility index (Phi) is 11.6. The number of rotatable bonds is 13. The number of aliphatic hydroxyl groups is 1. The Morgan fingerprint density at radius 1 is 1.27 bits per heavy atom. The van der Waals surface area contributed by atoms with Crippen molar-refractivity contribution in [3.8, 4) is 18.1 Å². The van der Waals surface area contributed by atoms with E-state index in [0.717, 1.165) is 0 Å². The quantitative estimate of drug-likeness (QED) is 0.265. The zero-order valence-corrected chi connectivity index (χ0v) is 19.8. The first-order valence-electron chi connectivity index (χ1n) is 9.74. The van der Waals surface area contributed by atoms with E-state index in [1.165, 1.54) is 7.11 Å². The summed E-state index contributed by atoms with van der Waals surface area (Å²) >= 11 is 5.69. The minimum atomic E-state index is -3.25. The molecule has 1 rings (SSSR count). The number of carbonyl (C=O) groups excluding carboxylic acids is 1. The third-order valence-electron chi connectivity index (χ3n) is 3.86. The standard InChI is InChI=1S/C21H32NO6PS/c1-7-19(23)20(25-6)14-26-29(30,28-17-11-9-8-10-12-17)22-18(13-15(2)3)21(24)27-16(4)5/h1,8-12,15-16,18-20,23H,13-14H2,2-6H3,(H,22,30)/t18?,19-,20+,29?/m0/s1. The molecule has 0 spiro atoms. The molecule has 4 atom stereocenters. The van der Waals surface area contributed by atoms with Crippen LogP contribution in [0.2, 0.25) is 0 Å². The van der Waals surface area contributed by atoms with Crippen LogP contribution in [0.25, 0.3) is 0 Å². The fraction of sp³-hybridized carbons (Fsp3) is 0.571. The first-order valence-corrected chi connectivity index (χ1v) is 12.4. The topological polar surface area (TPSA) is 86.3 Å². The van der Waals surface area contributed by atoms with Gasteiger partial charge < -0.3 is 23.6 Å². The maximum absolute atomic E-state index is 12.7. The van der Waals surface area contributed by atoms with Crippen LogP contribution in [0.15, 0.2) is 30.3 Å². The number of aliphatic hydroxyl groups excluding tert-OH is 1. The Labute approximate surface area is 184 Å². The lowest BCUT2D eigenvalue weighted by Crippen LogP contribution is -2.40. The van der Waals surface area contributed by atoms with Crippen molar-refractivity contribution < 1.29 is 28.4 Å². The van der Waals surface area contributed by atoms with Crippen LogP contribution in [0.4, 0.5) is 0 Å². The maximum atomic E-state index is 12.7. The number of benzene rings is 1. The molecule has 30 heavy (non-hydrogen) atoms. The van der Waals surface area contributed by atoms with Crippen molar-refractivity contribution in [2.45, 2.75) is 58.5 Å². The zero-order valence-electron chi connectivity index (χ0n) is 18.1. The number of methoxy groups -OCH3 is 1. The molecule has 0 aliphatic rings. The van der Waals surface area contributed by atoms with Gasteiger partial charge in [-0.1, -0.05) is 38.0 Å². The molecular weight excluding hydrogens is 425 g/mol. The van der Waals surface area contributed by atoms with Gasteiger partial charge in [0.2, 0.25) is 0 Å². The number of esters is 1. The summed E-state index contributed by atoms with van der Waals surface area (Å²) in [5, 5.41) is 13.0. The highest BCUT2D eigenvalue weighted by Gasteiger charge is 2.33. The summed E-state index contributed by atoms with van der Waals surface area (Å²) in [6, 6.07) is 8.19. The molecule has 0 bridgehead atoms. The van der Waals surface area contributed by atoms with Gasteiger partial charge in [-0.15, -0.1) is 6.42 Å². The van der Waals surface area contributed by atoms with Crippen LogP contribution in [-0.2, 0) is 30.6 Å². The summed E-state index contributed by atoms with van der Waals surface area (Å²) in [5.74, 6) is 2.45. The lowest BCUT2D eigenvalue weighted by atomic mass is 10.0. The minimum Gasteiger partial charge on any atom is -0.462 e. The van der Waals surface area contributed by atoms with Crippen molar-refractivity contribution in [3.63, 3.8) is 0 Å². The number of carbonyl (C=O) groups is 1. The highest BCUT2D eigenvalue weighted by Crippen LogP contribution is 2.46. The average Bonchev–Trinajstić information content (AvgIpc) is 2.67. The molecule has 2 unspecified atom stereocenters. The number of hydrogen-bond acceptors (Lipinski definition) is 7. The molecule has 0 saturated heterocycles. The van der Waals surface area contributed by atoms with Gasteiger partial charge >= 0.3 is 12.6 Å². The van der Waals surface area contributed by atoms with Crippen molar-refractivity contribution in [1.29, 1.82) is 0 Å². The van der Waals surface area contributed by atoms with Gasteiger partial charge in [-0.25, -0.2) is 5.09 Å². The SMILES string of the molecule is C#C[C@H](O)[C@@H](COP(=S)(NC(CC(C)C)C(=O)OC(C)C)Oc1ccccc1)OC. The minimum absolute atomic E-state index is 0.118. The molecule has 0 aliphatic heterocycles. The summed E-state index contributed by atoms with van der Waals surface area (Å²) in [7, 11) is 1.41. The van der Waals surface area contributed by atoms with Crippen molar-refractivity contribution in [2.75, 3.05) is 13.7 Å².